The molecular formula is C13H17BrN2O3. The van der Waals surface area contributed by atoms with Gasteiger partial charge >= 0.3 is 0 Å². The van der Waals surface area contributed by atoms with Crippen molar-refractivity contribution in [1.29, 1.82) is 0 Å². The first-order valence-corrected chi connectivity index (χ1v) is 6.89. The van der Waals surface area contributed by atoms with Crippen molar-refractivity contribution in [1.82, 2.24) is 9.88 Å². The van der Waals surface area contributed by atoms with Crippen LogP contribution in [0.25, 0.3) is 0 Å². The fourth-order valence-electron chi connectivity index (χ4n) is 2.35. The third-order valence-electron chi connectivity index (χ3n) is 3.33. The highest BCUT2D eigenvalue weighted by atomic mass is 79.9. The summed E-state index contributed by atoms with van der Waals surface area (Å²) in [6.45, 7) is 1.12. The van der Waals surface area contributed by atoms with Crippen molar-refractivity contribution < 1.29 is 14.3 Å². The molecule has 5 nitrogen and oxygen atoms in total. The van der Waals surface area contributed by atoms with Gasteiger partial charge in [-0.25, -0.2) is 0 Å². The number of nitrogens with zero attached hydrogens (tertiary/aromatic N) is 2. The third-order valence-corrected chi connectivity index (χ3v) is 3.96. The summed E-state index contributed by atoms with van der Waals surface area (Å²) in [6.07, 6.45) is 4.12. The van der Waals surface area contributed by atoms with Gasteiger partial charge in [-0.3, -0.25) is 9.78 Å². The molecule has 1 fully saturated rings. The van der Waals surface area contributed by atoms with Gasteiger partial charge in [-0.1, -0.05) is 0 Å². The number of carbonyl (C=O) groups excluding carboxylic acids is 1. The Morgan fingerprint density at radius 1 is 1.58 bits per heavy atom. The van der Waals surface area contributed by atoms with Gasteiger partial charge in [0.05, 0.1) is 24.3 Å². The Hall–Kier alpha value is -0.980. The zero-order valence-corrected chi connectivity index (χ0v) is 12.6. The van der Waals surface area contributed by atoms with Crippen LogP contribution in [0.3, 0.4) is 0 Å². The summed E-state index contributed by atoms with van der Waals surface area (Å²) >= 11 is 3.36. The monoisotopic (exact) mass is 328 g/mol. The van der Waals surface area contributed by atoms with Crippen LogP contribution in [0.2, 0.25) is 0 Å². The maximum atomic E-state index is 12.6. The average molecular weight is 329 g/mol. The van der Waals surface area contributed by atoms with Gasteiger partial charge in [-0.2, -0.15) is 0 Å². The first kappa shape index (κ1) is 14.4. The number of methoxy groups -OCH3 is 2. The topological polar surface area (TPSA) is 51.7 Å². The average Bonchev–Trinajstić information content (AvgIpc) is 2.82. The Labute approximate surface area is 121 Å². The van der Waals surface area contributed by atoms with Crippen LogP contribution in [0.5, 0.6) is 0 Å². The van der Waals surface area contributed by atoms with Crippen molar-refractivity contribution in [2.45, 2.75) is 18.6 Å². The second-order valence-electron chi connectivity index (χ2n) is 4.52. The number of ether oxygens (including phenoxy) is 2. The smallest absolute Gasteiger partial charge is 0.255 e. The molecule has 6 heteroatoms. The molecule has 0 bridgehead atoms. The Balaban J connectivity index is 2.19. The number of aromatic nitrogens is 1. The number of hydrogen-bond acceptors (Lipinski definition) is 4. The van der Waals surface area contributed by atoms with Crippen molar-refractivity contribution in [3.63, 3.8) is 0 Å². The lowest BCUT2D eigenvalue weighted by Crippen LogP contribution is -2.38. The minimum Gasteiger partial charge on any atom is -0.383 e. The van der Waals surface area contributed by atoms with E-state index in [-0.39, 0.29) is 18.1 Å². The summed E-state index contributed by atoms with van der Waals surface area (Å²) < 4.78 is 11.3. The molecule has 0 aromatic carbocycles. The number of rotatable bonds is 4. The minimum atomic E-state index is -0.0177. The molecule has 1 saturated heterocycles. The van der Waals surface area contributed by atoms with Crippen LogP contribution in [0.4, 0.5) is 0 Å². The molecule has 0 radical (unpaired) electrons. The molecule has 104 valence electrons. The molecule has 0 saturated carbocycles. The van der Waals surface area contributed by atoms with E-state index in [0.717, 1.165) is 6.42 Å². The third kappa shape index (κ3) is 3.13. The molecule has 1 aliphatic rings. The van der Waals surface area contributed by atoms with Crippen LogP contribution in [-0.2, 0) is 9.47 Å². The summed E-state index contributed by atoms with van der Waals surface area (Å²) in [7, 11) is 3.32. The Morgan fingerprint density at radius 3 is 3.00 bits per heavy atom. The summed E-state index contributed by atoms with van der Waals surface area (Å²) in [6, 6.07) is 1.78. The Bertz CT molecular complexity index is 455. The number of likely N-dealkylation sites (tertiary alicyclic amines) is 1. The molecule has 19 heavy (non-hydrogen) atoms. The second-order valence-corrected chi connectivity index (χ2v) is 5.37. The summed E-state index contributed by atoms with van der Waals surface area (Å²) in [5.41, 5.74) is 0.618. The van der Waals surface area contributed by atoms with Gasteiger partial charge in [0.1, 0.15) is 0 Å². The SMILES string of the molecule is COC[C@@H]1C[C@H](OC)CN1C(=O)c1ccncc1Br. The van der Waals surface area contributed by atoms with E-state index in [1.54, 1.807) is 32.7 Å². The molecule has 1 aromatic rings. The van der Waals surface area contributed by atoms with Crippen LogP contribution in [0.1, 0.15) is 16.8 Å². The molecule has 2 heterocycles. The molecular weight excluding hydrogens is 312 g/mol. The van der Waals surface area contributed by atoms with E-state index in [2.05, 4.69) is 20.9 Å². The molecule has 0 spiro atoms. The molecule has 1 aromatic heterocycles. The molecule has 0 unspecified atom stereocenters. The number of amides is 1. The van der Waals surface area contributed by atoms with Crippen molar-refractivity contribution in [3.05, 3.63) is 28.5 Å². The van der Waals surface area contributed by atoms with E-state index in [4.69, 9.17) is 9.47 Å². The molecule has 0 aliphatic carbocycles. The quantitative estimate of drug-likeness (QED) is 0.844. The molecule has 1 amide bonds. The molecule has 2 rings (SSSR count). The van der Waals surface area contributed by atoms with Crippen LogP contribution in [0.15, 0.2) is 22.9 Å². The lowest BCUT2D eigenvalue weighted by Gasteiger charge is -2.24. The van der Waals surface area contributed by atoms with Gasteiger partial charge < -0.3 is 14.4 Å². The van der Waals surface area contributed by atoms with Crippen LogP contribution in [0, 0.1) is 0 Å². The first-order valence-electron chi connectivity index (χ1n) is 6.09. The standard InChI is InChI=1S/C13H17BrN2O3/c1-18-8-9-5-10(19-2)7-16(9)13(17)11-3-4-15-6-12(11)14/h3-4,6,9-10H,5,7-8H2,1-2H3/t9-,10-/m0/s1. The van der Waals surface area contributed by atoms with Crippen molar-refractivity contribution in [3.8, 4) is 0 Å². The van der Waals surface area contributed by atoms with E-state index in [1.807, 2.05) is 4.90 Å². The molecule has 2 atom stereocenters. The van der Waals surface area contributed by atoms with Gasteiger partial charge in [-0.05, 0) is 28.4 Å². The maximum Gasteiger partial charge on any atom is 0.255 e. The van der Waals surface area contributed by atoms with E-state index < -0.39 is 0 Å². The Kier molecular flexibility index (Phi) is 4.90. The Morgan fingerprint density at radius 2 is 2.37 bits per heavy atom. The summed E-state index contributed by atoms with van der Waals surface area (Å²) in [5, 5.41) is 0. The van der Waals surface area contributed by atoms with Crippen molar-refractivity contribution in [2.75, 3.05) is 27.4 Å². The molecule has 0 N–H and O–H groups in total. The zero-order chi connectivity index (χ0) is 13.8. The largest absolute Gasteiger partial charge is 0.383 e. The van der Waals surface area contributed by atoms with Gasteiger partial charge in [0.25, 0.3) is 5.91 Å². The number of carbonyl (C=O) groups is 1. The van der Waals surface area contributed by atoms with Gasteiger partial charge in [0.2, 0.25) is 0 Å². The van der Waals surface area contributed by atoms with E-state index in [9.17, 15) is 4.79 Å². The predicted molar refractivity (Wildman–Crippen MR) is 74.1 cm³/mol. The lowest BCUT2D eigenvalue weighted by molar-refractivity contribution is 0.0611. The summed E-state index contributed by atoms with van der Waals surface area (Å²) in [4.78, 5) is 18.4. The number of hydrogen-bond donors (Lipinski definition) is 0. The number of pyridine rings is 1. The highest BCUT2D eigenvalue weighted by molar-refractivity contribution is 9.10. The van der Waals surface area contributed by atoms with E-state index >= 15 is 0 Å². The van der Waals surface area contributed by atoms with E-state index in [1.165, 1.54) is 0 Å². The molecule has 1 aliphatic heterocycles. The fourth-order valence-corrected chi connectivity index (χ4v) is 2.77. The van der Waals surface area contributed by atoms with Crippen LogP contribution < -0.4 is 0 Å². The maximum absolute atomic E-state index is 12.6. The van der Waals surface area contributed by atoms with E-state index in [0.29, 0.717) is 23.2 Å². The van der Waals surface area contributed by atoms with Crippen molar-refractivity contribution >= 4 is 21.8 Å². The fraction of sp³-hybridized carbons (Fsp3) is 0.538. The minimum absolute atomic E-state index is 0.0177. The highest BCUT2D eigenvalue weighted by Gasteiger charge is 2.36. The van der Waals surface area contributed by atoms with Gasteiger partial charge in [0, 0.05) is 37.6 Å². The second kappa shape index (κ2) is 6.45. The lowest BCUT2D eigenvalue weighted by atomic mass is 10.2. The normalized spacial score (nSPS) is 22.8. The zero-order valence-electron chi connectivity index (χ0n) is 11.0. The number of halogens is 1. The van der Waals surface area contributed by atoms with Crippen molar-refractivity contribution in [2.24, 2.45) is 0 Å². The van der Waals surface area contributed by atoms with Gasteiger partial charge in [0.15, 0.2) is 0 Å². The highest BCUT2D eigenvalue weighted by Crippen LogP contribution is 2.25. The summed E-state index contributed by atoms with van der Waals surface area (Å²) in [5.74, 6) is -0.0177. The van der Waals surface area contributed by atoms with Crippen LogP contribution in [-0.4, -0.2) is 55.3 Å². The predicted octanol–water partition coefficient (Wildman–Crippen LogP) is 1.72. The first-order chi connectivity index (χ1) is 9.17. The van der Waals surface area contributed by atoms with Gasteiger partial charge in [-0.15, -0.1) is 0 Å². The van der Waals surface area contributed by atoms with Crippen LogP contribution >= 0.6 is 15.9 Å².